The predicted molar refractivity (Wildman–Crippen MR) is 88.1 cm³/mol. The number of hydrogen-bond donors (Lipinski definition) is 0. The van der Waals surface area contributed by atoms with Crippen molar-refractivity contribution < 1.29 is 13.9 Å². The first-order valence-corrected chi connectivity index (χ1v) is 8.53. The van der Waals surface area contributed by atoms with Gasteiger partial charge in [0.05, 0.1) is 18.6 Å². The normalized spacial score (nSPS) is 28.4. The summed E-state index contributed by atoms with van der Waals surface area (Å²) in [7, 11) is 1.68. The zero-order chi connectivity index (χ0) is 16.6. The van der Waals surface area contributed by atoms with Crippen molar-refractivity contribution in [2.45, 2.75) is 33.7 Å². The van der Waals surface area contributed by atoms with Crippen LogP contribution in [0.2, 0.25) is 0 Å². The maximum absolute atomic E-state index is 12.9. The number of carbonyl (C=O) groups is 1. The van der Waals surface area contributed by atoms with Gasteiger partial charge in [-0.05, 0) is 37.8 Å². The molecular weight excluding hydrogens is 292 g/mol. The van der Waals surface area contributed by atoms with E-state index in [1.807, 2.05) is 11.8 Å². The Hall–Kier alpha value is -1.33. The largest absolute Gasteiger partial charge is 0.465 e. The standard InChI is InChI=1S/C18H28N2O3/c1-13-9-16(23-15(13)3)11-19-10-14(2)18(12-19)5-6-20(17(18)21)7-8-22-4/h9,14H,5-8,10-12H2,1-4H3/t14-,18-/m0/s1. The third-order valence-electron chi connectivity index (χ3n) is 5.68. The highest BCUT2D eigenvalue weighted by Gasteiger charge is 2.54. The summed E-state index contributed by atoms with van der Waals surface area (Å²) < 4.78 is 10.9. The van der Waals surface area contributed by atoms with E-state index < -0.39 is 0 Å². The van der Waals surface area contributed by atoms with E-state index in [1.54, 1.807) is 7.11 Å². The highest BCUT2D eigenvalue weighted by atomic mass is 16.5. The lowest BCUT2D eigenvalue weighted by Gasteiger charge is -2.26. The Morgan fingerprint density at radius 2 is 2.22 bits per heavy atom. The lowest BCUT2D eigenvalue weighted by molar-refractivity contribution is -0.137. The van der Waals surface area contributed by atoms with Crippen LogP contribution in [0.4, 0.5) is 0 Å². The zero-order valence-corrected chi connectivity index (χ0v) is 14.7. The molecule has 1 amide bonds. The van der Waals surface area contributed by atoms with Crippen LogP contribution in [0.5, 0.6) is 0 Å². The summed E-state index contributed by atoms with van der Waals surface area (Å²) in [5.74, 6) is 2.70. The van der Waals surface area contributed by atoms with Crippen LogP contribution < -0.4 is 0 Å². The minimum Gasteiger partial charge on any atom is -0.465 e. The maximum atomic E-state index is 12.9. The van der Waals surface area contributed by atoms with Gasteiger partial charge in [-0.1, -0.05) is 6.92 Å². The average Bonchev–Trinajstić information content (AvgIpc) is 3.10. The highest BCUT2D eigenvalue weighted by Crippen LogP contribution is 2.45. The number of furan rings is 1. The van der Waals surface area contributed by atoms with Gasteiger partial charge in [0.1, 0.15) is 11.5 Å². The van der Waals surface area contributed by atoms with Crippen LogP contribution in [-0.4, -0.2) is 55.6 Å². The summed E-state index contributed by atoms with van der Waals surface area (Å²) in [6, 6.07) is 2.12. The first kappa shape index (κ1) is 16.5. The van der Waals surface area contributed by atoms with Gasteiger partial charge in [-0.2, -0.15) is 0 Å². The first-order chi connectivity index (χ1) is 11.0. The molecule has 5 nitrogen and oxygen atoms in total. The average molecular weight is 320 g/mol. The summed E-state index contributed by atoms with van der Waals surface area (Å²) >= 11 is 0. The smallest absolute Gasteiger partial charge is 0.230 e. The third-order valence-corrected chi connectivity index (χ3v) is 5.68. The minimum absolute atomic E-state index is 0.204. The number of amides is 1. The number of ether oxygens (including phenoxy) is 1. The van der Waals surface area contributed by atoms with E-state index in [1.165, 1.54) is 5.56 Å². The van der Waals surface area contributed by atoms with Crippen LogP contribution in [0.15, 0.2) is 10.5 Å². The minimum atomic E-state index is -0.204. The molecule has 1 aromatic heterocycles. The molecule has 3 heterocycles. The molecule has 128 valence electrons. The van der Waals surface area contributed by atoms with Crippen LogP contribution in [-0.2, 0) is 16.1 Å². The van der Waals surface area contributed by atoms with Gasteiger partial charge in [0.15, 0.2) is 0 Å². The lowest BCUT2D eigenvalue weighted by Crippen LogP contribution is -2.40. The van der Waals surface area contributed by atoms with E-state index in [2.05, 4.69) is 24.8 Å². The molecule has 0 bridgehead atoms. The Balaban J connectivity index is 1.67. The topological polar surface area (TPSA) is 45.9 Å². The Bertz CT molecular complexity index is 563. The molecule has 1 aromatic rings. The number of aryl methyl sites for hydroxylation is 2. The second-order valence-corrected chi connectivity index (χ2v) is 7.21. The fourth-order valence-corrected chi connectivity index (χ4v) is 4.13. The molecular formula is C18H28N2O3. The van der Waals surface area contributed by atoms with E-state index in [0.717, 1.165) is 44.1 Å². The fourth-order valence-electron chi connectivity index (χ4n) is 4.13. The Kier molecular flexibility index (Phi) is 4.52. The van der Waals surface area contributed by atoms with Gasteiger partial charge in [-0.25, -0.2) is 0 Å². The fraction of sp³-hybridized carbons (Fsp3) is 0.722. The van der Waals surface area contributed by atoms with E-state index >= 15 is 0 Å². The molecule has 0 radical (unpaired) electrons. The number of rotatable bonds is 5. The summed E-state index contributed by atoms with van der Waals surface area (Å²) in [4.78, 5) is 17.3. The van der Waals surface area contributed by atoms with Crippen molar-refractivity contribution in [2.75, 3.05) is 39.9 Å². The van der Waals surface area contributed by atoms with Crippen LogP contribution in [0.3, 0.4) is 0 Å². The summed E-state index contributed by atoms with van der Waals surface area (Å²) in [6.07, 6.45) is 0.962. The highest BCUT2D eigenvalue weighted by molar-refractivity contribution is 5.86. The van der Waals surface area contributed by atoms with Crippen molar-refractivity contribution in [2.24, 2.45) is 11.3 Å². The molecule has 23 heavy (non-hydrogen) atoms. The van der Waals surface area contributed by atoms with Crippen LogP contribution >= 0.6 is 0 Å². The maximum Gasteiger partial charge on any atom is 0.230 e. The second kappa shape index (κ2) is 6.29. The van der Waals surface area contributed by atoms with Gasteiger partial charge in [0.25, 0.3) is 0 Å². The van der Waals surface area contributed by atoms with E-state index in [4.69, 9.17) is 9.15 Å². The van der Waals surface area contributed by atoms with Gasteiger partial charge in [0, 0.05) is 33.3 Å². The molecule has 1 spiro atoms. The third kappa shape index (κ3) is 2.92. The molecule has 0 aliphatic carbocycles. The van der Waals surface area contributed by atoms with Crippen LogP contribution in [0.25, 0.3) is 0 Å². The lowest BCUT2D eigenvalue weighted by atomic mass is 9.78. The number of carbonyl (C=O) groups excluding carboxylic acids is 1. The number of methoxy groups -OCH3 is 1. The molecule has 0 unspecified atom stereocenters. The van der Waals surface area contributed by atoms with Crippen molar-refractivity contribution >= 4 is 5.91 Å². The number of likely N-dealkylation sites (tertiary alicyclic amines) is 2. The van der Waals surface area contributed by atoms with E-state index in [0.29, 0.717) is 25.0 Å². The van der Waals surface area contributed by atoms with Crippen molar-refractivity contribution in [1.29, 1.82) is 0 Å². The zero-order valence-electron chi connectivity index (χ0n) is 14.7. The summed E-state index contributed by atoms with van der Waals surface area (Å²) in [5.41, 5.74) is 0.995. The van der Waals surface area contributed by atoms with Crippen molar-refractivity contribution in [3.05, 3.63) is 23.2 Å². The Morgan fingerprint density at radius 3 is 2.87 bits per heavy atom. The molecule has 0 aromatic carbocycles. The SMILES string of the molecule is COCCN1CC[C@@]2(CN(Cc3cc(C)c(C)o3)C[C@@H]2C)C1=O. The molecule has 2 aliphatic heterocycles. The molecule has 2 saturated heterocycles. The quantitative estimate of drug-likeness (QED) is 0.834. The van der Waals surface area contributed by atoms with Gasteiger partial charge >= 0.3 is 0 Å². The first-order valence-electron chi connectivity index (χ1n) is 8.53. The van der Waals surface area contributed by atoms with Gasteiger partial charge in [-0.15, -0.1) is 0 Å². The molecule has 0 saturated carbocycles. The number of hydrogen-bond acceptors (Lipinski definition) is 4. The molecule has 3 rings (SSSR count). The summed E-state index contributed by atoms with van der Waals surface area (Å²) in [5, 5.41) is 0. The molecule has 2 atom stereocenters. The van der Waals surface area contributed by atoms with Gasteiger partial charge in [-0.3, -0.25) is 9.69 Å². The van der Waals surface area contributed by atoms with Crippen LogP contribution in [0.1, 0.15) is 30.4 Å². The molecule has 5 heteroatoms. The summed E-state index contributed by atoms with van der Waals surface area (Å²) in [6.45, 7) is 11.1. The predicted octanol–water partition coefficient (Wildman–Crippen LogP) is 2.21. The molecule has 2 aliphatic rings. The van der Waals surface area contributed by atoms with Crippen LogP contribution in [0, 0.1) is 25.2 Å². The van der Waals surface area contributed by atoms with Gasteiger partial charge in [0.2, 0.25) is 5.91 Å². The Morgan fingerprint density at radius 1 is 1.43 bits per heavy atom. The van der Waals surface area contributed by atoms with Crippen molar-refractivity contribution in [3.8, 4) is 0 Å². The van der Waals surface area contributed by atoms with E-state index in [9.17, 15) is 4.79 Å². The number of nitrogens with zero attached hydrogens (tertiary/aromatic N) is 2. The second-order valence-electron chi connectivity index (χ2n) is 7.21. The van der Waals surface area contributed by atoms with E-state index in [-0.39, 0.29) is 5.41 Å². The van der Waals surface area contributed by atoms with Crippen molar-refractivity contribution in [1.82, 2.24) is 9.80 Å². The van der Waals surface area contributed by atoms with Gasteiger partial charge < -0.3 is 14.1 Å². The molecule has 2 fully saturated rings. The molecule has 0 N–H and O–H groups in total. The Labute approximate surface area is 138 Å². The van der Waals surface area contributed by atoms with Crippen molar-refractivity contribution in [3.63, 3.8) is 0 Å². The monoisotopic (exact) mass is 320 g/mol.